The van der Waals surface area contributed by atoms with E-state index in [0.717, 1.165) is 4.47 Å². The Labute approximate surface area is 190 Å². The standard InChI is InChI=1S/C20H17BrCl2N4O3/c1-2-7-24-19(29)20(30)26-27-16-6-3-12(21)8-11(16)9-17(27)18(28)25-13-4-5-14(22)15(23)10-13/h3-6,8-10H,2,7H2,1H3,(H,24,29)(H,25,28)(H,26,30). The third kappa shape index (κ3) is 4.95. The number of nitrogens with one attached hydrogen (secondary N) is 3. The highest BCUT2D eigenvalue weighted by molar-refractivity contribution is 9.10. The van der Waals surface area contributed by atoms with E-state index >= 15 is 0 Å². The number of amides is 3. The van der Waals surface area contributed by atoms with Crippen LogP contribution in [0.5, 0.6) is 0 Å². The highest BCUT2D eigenvalue weighted by atomic mass is 79.9. The third-order valence-corrected chi connectivity index (χ3v) is 5.36. The summed E-state index contributed by atoms with van der Waals surface area (Å²) in [7, 11) is 0. The minimum atomic E-state index is -0.882. The number of hydrogen-bond donors (Lipinski definition) is 3. The zero-order valence-electron chi connectivity index (χ0n) is 15.8. The molecule has 0 aliphatic heterocycles. The molecule has 3 N–H and O–H groups in total. The van der Waals surface area contributed by atoms with E-state index in [0.29, 0.717) is 39.6 Å². The van der Waals surface area contributed by atoms with Crippen molar-refractivity contribution in [2.24, 2.45) is 0 Å². The predicted octanol–water partition coefficient (Wildman–Crippen LogP) is 4.56. The SMILES string of the molecule is CCCNC(=O)C(=O)Nn1c(C(=O)Nc2ccc(Cl)c(Cl)c2)cc2cc(Br)ccc21. The van der Waals surface area contributed by atoms with E-state index in [-0.39, 0.29) is 5.69 Å². The van der Waals surface area contributed by atoms with Crippen molar-refractivity contribution in [3.63, 3.8) is 0 Å². The first-order chi connectivity index (χ1) is 14.3. The molecule has 0 saturated carbocycles. The van der Waals surface area contributed by atoms with Crippen LogP contribution in [0.2, 0.25) is 10.0 Å². The molecule has 156 valence electrons. The van der Waals surface area contributed by atoms with E-state index in [1.165, 1.54) is 10.7 Å². The lowest BCUT2D eigenvalue weighted by Gasteiger charge is -2.13. The quantitative estimate of drug-likeness (QED) is 0.438. The maximum absolute atomic E-state index is 12.9. The van der Waals surface area contributed by atoms with Gasteiger partial charge in [-0.2, -0.15) is 0 Å². The molecule has 2 aromatic carbocycles. The fraction of sp³-hybridized carbons (Fsp3) is 0.150. The van der Waals surface area contributed by atoms with Crippen molar-refractivity contribution in [1.82, 2.24) is 9.99 Å². The normalized spacial score (nSPS) is 10.7. The molecule has 0 radical (unpaired) electrons. The van der Waals surface area contributed by atoms with E-state index in [4.69, 9.17) is 23.2 Å². The second kappa shape index (κ2) is 9.51. The van der Waals surface area contributed by atoms with Gasteiger partial charge in [-0.3, -0.25) is 19.8 Å². The van der Waals surface area contributed by atoms with Crippen LogP contribution in [0.3, 0.4) is 0 Å². The summed E-state index contributed by atoms with van der Waals surface area (Å²) in [5, 5.41) is 6.56. The van der Waals surface area contributed by atoms with Gasteiger partial charge in [0.2, 0.25) is 0 Å². The highest BCUT2D eigenvalue weighted by Crippen LogP contribution is 2.27. The number of anilines is 1. The first-order valence-electron chi connectivity index (χ1n) is 8.96. The van der Waals surface area contributed by atoms with Gasteiger partial charge in [-0.25, -0.2) is 4.68 Å². The van der Waals surface area contributed by atoms with Crippen LogP contribution in [0.15, 0.2) is 46.9 Å². The molecule has 0 fully saturated rings. The second-order valence-corrected chi connectivity index (χ2v) is 8.08. The number of benzene rings is 2. The third-order valence-electron chi connectivity index (χ3n) is 4.13. The molecule has 0 unspecified atom stereocenters. The van der Waals surface area contributed by atoms with Crippen LogP contribution in [0.25, 0.3) is 10.9 Å². The molecule has 10 heteroatoms. The molecule has 1 heterocycles. The van der Waals surface area contributed by atoms with Crippen molar-refractivity contribution in [1.29, 1.82) is 0 Å². The summed E-state index contributed by atoms with van der Waals surface area (Å²) in [5.41, 5.74) is 3.60. The zero-order chi connectivity index (χ0) is 21.8. The van der Waals surface area contributed by atoms with Crippen LogP contribution in [0.1, 0.15) is 23.8 Å². The average Bonchev–Trinajstić information content (AvgIpc) is 3.06. The Bertz CT molecular complexity index is 1150. The van der Waals surface area contributed by atoms with Gasteiger partial charge in [0, 0.05) is 22.1 Å². The molecule has 0 bridgehead atoms. The molecule has 1 aromatic heterocycles. The number of hydrogen-bond acceptors (Lipinski definition) is 3. The van der Waals surface area contributed by atoms with Gasteiger partial charge in [0.15, 0.2) is 0 Å². The molecule has 3 amide bonds. The van der Waals surface area contributed by atoms with Gasteiger partial charge >= 0.3 is 11.8 Å². The van der Waals surface area contributed by atoms with Crippen molar-refractivity contribution in [3.05, 3.63) is 62.7 Å². The maximum atomic E-state index is 12.9. The summed E-state index contributed by atoms with van der Waals surface area (Å²) >= 11 is 15.3. The minimum absolute atomic E-state index is 0.130. The molecular formula is C20H17BrCl2N4O3. The van der Waals surface area contributed by atoms with Crippen LogP contribution in [-0.2, 0) is 9.59 Å². The van der Waals surface area contributed by atoms with E-state index in [9.17, 15) is 14.4 Å². The number of rotatable bonds is 5. The summed E-state index contributed by atoms with van der Waals surface area (Å²) in [6, 6.07) is 11.6. The van der Waals surface area contributed by atoms with E-state index in [1.54, 1.807) is 36.4 Å². The topological polar surface area (TPSA) is 92.2 Å². The summed E-state index contributed by atoms with van der Waals surface area (Å²) in [4.78, 5) is 37.3. The summed E-state index contributed by atoms with van der Waals surface area (Å²) in [5.74, 6) is -2.17. The molecule has 3 aromatic rings. The van der Waals surface area contributed by atoms with Crippen molar-refractivity contribution in [2.75, 3.05) is 17.3 Å². The number of fused-ring (bicyclic) bond motifs is 1. The van der Waals surface area contributed by atoms with Gasteiger partial charge in [-0.05, 0) is 48.9 Å². The van der Waals surface area contributed by atoms with Crippen molar-refractivity contribution >= 4 is 73.4 Å². The summed E-state index contributed by atoms with van der Waals surface area (Å²) in [6.45, 7) is 2.25. The highest BCUT2D eigenvalue weighted by Gasteiger charge is 2.21. The Morgan fingerprint density at radius 1 is 1.00 bits per heavy atom. The van der Waals surface area contributed by atoms with Crippen molar-refractivity contribution in [2.45, 2.75) is 13.3 Å². The first-order valence-corrected chi connectivity index (χ1v) is 10.5. The van der Waals surface area contributed by atoms with Crippen molar-refractivity contribution in [3.8, 4) is 0 Å². The smallest absolute Gasteiger partial charge is 0.328 e. The van der Waals surface area contributed by atoms with Gasteiger partial charge in [-0.15, -0.1) is 0 Å². The maximum Gasteiger partial charge on any atom is 0.328 e. The van der Waals surface area contributed by atoms with Gasteiger partial charge in [0.25, 0.3) is 5.91 Å². The molecule has 7 nitrogen and oxygen atoms in total. The lowest BCUT2D eigenvalue weighted by Crippen LogP contribution is -2.40. The van der Waals surface area contributed by atoms with Crippen LogP contribution < -0.4 is 16.1 Å². The largest absolute Gasteiger partial charge is 0.348 e. The molecule has 0 aliphatic carbocycles. The lowest BCUT2D eigenvalue weighted by atomic mass is 10.2. The van der Waals surface area contributed by atoms with E-state index in [2.05, 4.69) is 32.0 Å². The van der Waals surface area contributed by atoms with E-state index < -0.39 is 17.7 Å². The Morgan fingerprint density at radius 3 is 2.47 bits per heavy atom. The molecule has 0 spiro atoms. The molecule has 30 heavy (non-hydrogen) atoms. The van der Waals surface area contributed by atoms with Crippen LogP contribution in [0.4, 0.5) is 5.69 Å². The Morgan fingerprint density at radius 2 is 1.77 bits per heavy atom. The first kappa shape index (κ1) is 22.1. The average molecular weight is 512 g/mol. The van der Waals surface area contributed by atoms with E-state index in [1.807, 2.05) is 6.92 Å². The summed E-state index contributed by atoms with van der Waals surface area (Å²) in [6.07, 6.45) is 0.691. The predicted molar refractivity (Wildman–Crippen MR) is 122 cm³/mol. The fourth-order valence-corrected chi connectivity index (χ4v) is 3.39. The Kier molecular flexibility index (Phi) is 7.02. The number of halogens is 3. The van der Waals surface area contributed by atoms with Gasteiger partial charge in [0.1, 0.15) is 5.69 Å². The monoisotopic (exact) mass is 510 g/mol. The van der Waals surface area contributed by atoms with Crippen molar-refractivity contribution < 1.29 is 14.4 Å². The molecule has 3 rings (SSSR count). The van der Waals surface area contributed by atoms with Crippen LogP contribution >= 0.6 is 39.1 Å². The van der Waals surface area contributed by atoms with Crippen LogP contribution in [-0.4, -0.2) is 28.9 Å². The van der Waals surface area contributed by atoms with Crippen LogP contribution in [0, 0.1) is 0 Å². The fourth-order valence-electron chi connectivity index (χ4n) is 2.71. The lowest BCUT2D eigenvalue weighted by molar-refractivity contribution is -0.136. The zero-order valence-corrected chi connectivity index (χ0v) is 18.9. The molecule has 0 aliphatic rings. The number of aromatic nitrogens is 1. The number of carbonyl (C=O) groups excluding carboxylic acids is 3. The van der Waals surface area contributed by atoms with Gasteiger partial charge in [-0.1, -0.05) is 46.1 Å². The van der Waals surface area contributed by atoms with Gasteiger partial charge in [0.05, 0.1) is 15.6 Å². The Hall–Kier alpha value is -2.55. The second-order valence-electron chi connectivity index (χ2n) is 6.35. The minimum Gasteiger partial charge on any atom is -0.348 e. The molecule has 0 atom stereocenters. The summed E-state index contributed by atoms with van der Waals surface area (Å²) < 4.78 is 2.08. The number of carbonyl (C=O) groups is 3. The van der Waals surface area contributed by atoms with Gasteiger partial charge < -0.3 is 10.6 Å². The molecular weight excluding hydrogens is 495 g/mol. The molecule has 0 saturated heterocycles. The Balaban J connectivity index is 1.95. The number of nitrogens with zero attached hydrogens (tertiary/aromatic N) is 1.